The van der Waals surface area contributed by atoms with Crippen molar-refractivity contribution in [2.45, 2.75) is 38.8 Å². The minimum Gasteiger partial charge on any atom is -0.352 e. The van der Waals surface area contributed by atoms with E-state index < -0.39 is 6.03 Å². The summed E-state index contributed by atoms with van der Waals surface area (Å²) in [5, 5.41) is 10.8. The molecule has 1 aliphatic rings. The Bertz CT molecular complexity index is 693. The topological polar surface area (TPSA) is 89.1 Å². The van der Waals surface area contributed by atoms with Gasteiger partial charge in [0.25, 0.3) is 0 Å². The maximum atomic E-state index is 10.7. The highest BCUT2D eigenvalue weighted by Crippen LogP contribution is 2.22. The van der Waals surface area contributed by atoms with Crippen LogP contribution in [-0.2, 0) is 13.1 Å². The number of carbonyl (C=O) groups is 1. The molecule has 1 aliphatic heterocycles. The van der Waals surface area contributed by atoms with Gasteiger partial charge in [0.05, 0.1) is 12.7 Å². The Labute approximate surface area is 154 Å². The molecule has 0 bridgehead atoms. The number of nitrogens with two attached hydrogens (primary N) is 1. The molecular formula is C19H28N6O. The van der Waals surface area contributed by atoms with Crippen LogP contribution in [-0.4, -0.2) is 45.6 Å². The molecule has 1 aromatic heterocycles. The number of benzene rings is 1. The van der Waals surface area contributed by atoms with Gasteiger partial charge in [-0.15, -0.1) is 5.10 Å². The van der Waals surface area contributed by atoms with E-state index in [0.29, 0.717) is 18.4 Å². The standard InChI is InChI=1S/C19H28N6O/c1-15(17-5-3-2-4-6-17)12-24-9-7-16(8-10-24)13-25-14-18(22-23-25)11-21-19(20)26/h2-6,14-16H,7-13H2,1H3,(H3,20,21,26). The van der Waals surface area contributed by atoms with E-state index in [9.17, 15) is 4.79 Å². The van der Waals surface area contributed by atoms with E-state index in [-0.39, 0.29) is 0 Å². The van der Waals surface area contributed by atoms with Crippen LogP contribution in [0, 0.1) is 5.92 Å². The van der Waals surface area contributed by atoms with Crippen LogP contribution in [0.1, 0.15) is 36.9 Å². The summed E-state index contributed by atoms with van der Waals surface area (Å²) in [5.41, 5.74) is 7.22. The first-order valence-electron chi connectivity index (χ1n) is 9.30. The van der Waals surface area contributed by atoms with Crippen LogP contribution >= 0.6 is 0 Å². The number of urea groups is 1. The summed E-state index contributed by atoms with van der Waals surface area (Å²) in [4.78, 5) is 13.3. The minimum absolute atomic E-state index is 0.325. The Balaban J connectivity index is 1.42. The van der Waals surface area contributed by atoms with Gasteiger partial charge in [-0.3, -0.25) is 4.68 Å². The second-order valence-corrected chi connectivity index (χ2v) is 7.21. The summed E-state index contributed by atoms with van der Waals surface area (Å²) in [5.74, 6) is 1.18. The van der Waals surface area contributed by atoms with E-state index in [1.807, 2.05) is 10.9 Å². The first-order chi connectivity index (χ1) is 12.6. The van der Waals surface area contributed by atoms with Crippen LogP contribution in [0.5, 0.6) is 0 Å². The number of hydrogen-bond acceptors (Lipinski definition) is 4. The van der Waals surface area contributed by atoms with Crippen molar-refractivity contribution in [2.75, 3.05) is 19.6 Å². The second kappa shape index (κ2) is 8.80. The van der Waals surface area contributed by atoms with Crippen LogP contribution in [0.15, 0.2) is 36.5 Å². The van der Waals surface area contributed by atoms with Crippen molar-refractivity contribution < 1.29 is 4.79 Å². The molecule has 2 heterocycles. The van der Waals surface area contributed by atoms with Gasteiger partial charge in [0.15, 0.2) is 0 Å². The van der Waals surface area contributed by atoms with Crippen LogP contribution in [0.2, 0.25) is 0 Å². The van der Waals surface area contributed by atoms with Crippen molar-refractivity contribution in [3.63, 3.8) is 0 Å². The van der Waals surface area contributed by atoms with Crippen molar-refractivity contribution in [3.05, 3.63) is 47.8 Å². The third-order valence-corrected chi connectivity index (χ3v) is 5.08. The molecule has 1 atom stereocenters. The maximum Gasteiger partial charge on any atom is 0.312 e. The van der Waals surface area contributed by atoms with Gasteiger partial charge < -0.3 is 16.0 Å². The van der Waals surface area contributed by atoms with E-state index in [2.05, 4.69) is 57.8 Å². The zero-order valence-electron chi connectivity index (χ0n) is 15.3. The smallest absolute Gasteiger partial charge is 0.312 e. The molecule has 0 aliphatic carbocycles. The Morgan fingerprint density at radius 2 is 2.04 bits per heavy atom. The molecule has 1 aromatic carbocycles. The van der Waals surface area contributed by atoms with Crippen molar-refractivity contribution in [2.24, 2.45) is 11.7 Å². The number of rotatable bonds is 7. The molecule has 1 unspecified atom stereocenters. The quantitative estimate of drug-likeness (QED) is 0.794. The fourth-order valence-corrected chi connectivity index (χ4v) is 3.58. The summed E-state index contributed by atoms with van der Waals surface area (Å²) in [6, 6.07) is 10.2. The first-order valence-corrected chi connectivity index (χ1v) is 9.30. The van der Waals surface area contributed by atoms with Gasteiger partial charge in [-0.25, -0.2) is 4.79 Å². The van der Waals surface area contributed by atoms with Gasteiger partial charge >= 0.3 is 6.03 Å². The Morgan fingerprint density at radius 1 is 1.31 bits per heavy atom. The van der Waals surface area contributed by atoms with E-state index in [4.69, 9.17) is 5.73 Å². The number of hydrogen-bond donors (Lipinski definition) is 2. The molecule has 1 fully saturated rings. The lowest BCUT2D eigenvalue weighted by molar-refractivity contribution is 0.164. The predicted octanol–water partition coefficient (Wildman–Crippen LogP) is 1.96. The van der Waals surface area contributed by atoms with Gasteiger partial charge in [0.1, 0.15) is 5.69 Å². The predicted molar refractivity (Wildman–Crippen MR) is 100 cm³/mol. The summed E-state index contributed by atoms with van der Waals surface area (Å²) in [7, 11) is 0. The largest absolute Gasteiger partial charge is 0.352 e. The lowest BCUT2D eigenvalue weighted by Crippen LogP contribution is -2.37. The molecule has 0 saturated carbocycles. The number of nitrogens with zero attached hydrogens (tertiary/aromatic N) is 4. The Kier molecular flexibility index (Phi) is 6.22. The van der Waals surface area contributed by atoms with Crippen molar-refractivity contribution >= 4 is 6.03 Å². The number of piperidine rings is 1. The fraction of sp³-hybridized carbons (Fsp3) is 0.526. The molecule has 3 rings (SSSR count). The summed E-state index contributed by atoms with van der Waals surface area (Å²) < 4.78 is 1.88. The zero-order valence-corrected chi connectivity index (χ0v) is 15.3. The molecule has 7 nitrogen and oxygen atoms in total. The van der Waals surface area contributed by atoms with E-state index >= 15 is 0 Å². The van der Waals surface area contributed by atoms with Crippen molar-refractivity contribution in [1.82, 2.24) is 25.2 Å². The van der Waals surface area contributed by atoms with E-state index in [1.165, 1.54) is 18.4 Å². The molecule has 3 N–H and O–H groups in total. The fourth-order valence-electron chi connectivity index (χ4n) is 3.58. The summed E-state index contributed by atoms with van der Waals surface area (Å²) in [6.07, 6.45) is 4.24. The minimum atomic E-state index is -0.545. The van der Waals surface area contributed by atoms with Gasteiger partial charge in [-0.2, -0.15) is 0 Å². The monoisotopic (exact) mass is 356 g/mol. The average molecular weight is 356 g/mol. The lowest BCUT2D eigenvalue weighted by Gasteiger charge is -2.33. The van der Waals surface area contributed by atoms with Gasteiger partial charge in [-0.05, 0) is 43.3 Å². The normalized spacial score (nSPS) is 17.1. The highest BCUT2D eigenvalue weighted by atomic mass is 16.2. The highest BCUT2D eigenvalue weighted by Gasteiger charge is 2.21. The number of amides is 2. The molecule has 2 aromatic rings. The van der Waals surface area contributed by atoms with Gasteiger partial charge in [-0.1, -0.05) is 42.5 Å². The van der Waals surface area contributed by atoms with Crippen molar-refractivity contribution in [1.29, 1.82) is 0 Å². The molecule has 26 heavy (non-hydrogen) atoms. The third-order valence-electron chi connectivity index (χ3n) is 5.08. The van der Waals surface area contributed by atoms with Crippen LogP contribution in [0.25, 0.3) is 0 Å². The average Bonchev–Trinajstić information content (AvgIpc) is 3.10. The SMILES string of the molecule is CC(CN1CCC(Cn2cc(CNC(N)=O)nn2)CC1)c1ccccc1. The van der Waals surface area contributed by atoms with E-state index in [0.717, 1.165) is 31.9 Å². The van der Waals surface area contributed by atoms with Gasteiger partial charge in [0, 0.05) is 13.1 Å². The number of carbonyl (C=O) groups excluding carboxylic acids is 1. The first kappa shape index (κ1) is 18.4. The molecule has 2 amide bonds. The molecule has 140 valence electrons. The molecule has 1 saturated heterocycles. The Hall–Kier alpha value is -2.41. The molecular weight excluding hydrogens is 328 g/mol. The molecule has 0 spiro atoms. The third kappa shape index (κ3) is 5.29. The zero-order chi connectivity index (χ0) is 18.4. The molecule has 7 heteroatoms. The number of aromatic nitrogens is 3. The van der Waals surface area contributed by atoms with Gasteiger partial charge in [0.2, 0.25) is 0 Å². The Morgan fingerprint density at radius 3 is 2.73 bits per heavy atom. The van der Waals surface area contributed by atoms with Crippen LogP contribution in [0.4, 0.5) is 4.79 Å². The van der Waals surface area contributed by atoms with Crippen LogP contribution < -0.4 is 11.1 Å². The molecule has 0 radical (unpaired) electrons. The second-order valence-electron chi connectivity index (χ2n) is 7.21. The summed E-state index contributed by atoms with van der Waals surface area (Å²) in [6.45, 7) is 6.89. The van der Waals surface area contributed by atoms with Crippen molar-refractivity contribution in [3.8, 4) is 0 Å². The lowest BCUT2D eigenvalue weighted by atomic mass is 9.94. The number of nitrogens with one attached hydrogen (secondary N) is 1. The maximum absolute atomic E-state index is 10.7. The highest BCUT2D eigenvalue weighted by molar-refractivity contribution is 5.71. The van der Waals surface area contributed by atoms with E-state index in [1.54, 1.807) is 0 Å². The number of likely N-dealkylation sites (tertiary alicyclic amines) is 1. The van der Waals surface area contributed by atoms with Crippen LogP contribution in [0.3, 0.4) is 0 Å². The number of primary amides is 1. The summed E-state index contributed by atoms with van der Waals surface area (Å²) >= 11 is 0.